The Kier molecular flexibility index (Phi) is 3.28. The Labute approximate surface area is 104 Å². The van der Waals surface area contributed by atoms with Gasteiger partial charge in [-0.1, -0.05) is 6.07 Å². The topological polar surface area (TPSA) is 42.9 Å². The average molecular weight is 270 g/mol. The molecule has 19 heavy (non-hydrogen) atoms. The summed E-state index contributed by atoms with van der Waals surface area (Å²) in [5.74, 6) is -1.24. The van der Waals surface area contributed by atoms with Crippen LogP contribution >= 0.6 is 0 Å². The van der Waals surface area contributed by atoms with Crippen LogP contribution in [0, 0.1) is 5.82 Å². The summed E-state index contributed by atoms with van der Waals surface area (Å²) in [5, 5.41) is 0. The van der Waals surface area contributed by atoms with Gasteiger partial charge in [-0.25, -0.2) is 14.4 Å². The standard InChI is InChI=1S/C12H6F4N2O/c13-9-5-7(6-19)1-2-8(9)11-17-4-3-10(18-11)12(14,15)16/h1-6H. The zero-order chi connectivity index (χ0) is 14.0. The lowest BCUT2D eigenvalue weighted by Gasteiger charge is -2.07. The molecule has 0 aliphatic rings. The minimum atomic E-state index is -4.63. The van der Waals surface area contributed by atoms with Gasteiger partial charge in [-0.05, 0) is 18.2 Å². The number of halogens is 4. The molecule has 0 aliphatic carbocycles. The lowest BCUT2D eigenvalue weighted by Crippen LogP contribution is -2.09. The summed E-state index contributed by atoms with van der Waals surface area (Å²) < 4.78 is 51.0. The van der Waals surface area contributed by atoms with Crippen molar-refractivity contribution in [3.63, 3.8) is 0 Å². The van der Waals surface area contributed by atoms with E-state index in [-0.39, 0.29) is 17.0 Å². The minimum Gasteiger partial charge on any atom is -0.298 e. The molecular formula is C12H6F4N2O. The van der Waals surface area contributed by atoms with E-state index in [2.05, 4.69) is 9.97 Å². The SMILES string of the molecule is O=Cc1ccc(-c2nccc(C(F)(F)F)n2)c(F)c1. The summed E-state index contributed by atoms with van der Waals surface area (Å²) in [4.78, 5) is 17.3. The van der Waals surface area contributed by atoms with Crippen molar-refractivity contribution < 1.29 is 22.4 Å². The summed E-state index contributed by atoms with van der Waals surface area (Å²) in [7, 11) is 0. The van der Waals surface area contributed by atoms with Crippen LogP contribution in [0.15, 0.2) is 30.5 Å². The van der Waals surface area contributed by atoms with Crippen molar-refractivity contribution >= 4 is 6.29 Å². The molecule has 98 valence electrons. The molecule has 0 unspecified atom stereocenters. The molecule has 2 aromatic rings. The molecule has 1 aromatic heterocycles. The molecule has 1 heterocycles. The predicted molar refractivity (Wildman–Crippen MR) is 57.8 cm³/mol. The fraction of sp³-hybridized carbons (Fsp3) is 0.0833. The molecule has 0 saturated heterocycles. The van der Waals surface area contributed by atoms with Gasteiger partial charge in [0.25, 0.3) is 0 Å². The second kappa shape index (κ2) is 4.75. The van der Waals surface area contributed by atoms with Crippen LogP contribution in [0.2, 0.25) is 0 Å². The van der Waals surface area contributed by atoms with Gasteiger partial charge in [-0.2, -0.15) is 13.2 Å². The summed E-state index contributed by atoms with van der Waals surface area (Å²) in [6.07, 6.45) is -3.30. The van der Waals surface area contributed by atoms with E-state index in [0.717, 1.165) is 18.3 Å². The smallest absolute Gasteiger partial charge is 0.298 e. The third kappa shape index (κ3) is 2.75. The normalized spacial score (nSPS) is 11.4. The van der Waals surface area contributed by atoms with Crippen LogP contribution in [0.5, 0.6) is 0 Å². The molecule has 2 rings (SSSR count). The Hall–Kier alpha value is -2.31. The quantitative estimate of drug-likeness (QED) is 0.622. The van der Waals surface area contributed by atoms with Crippen molar-refractivity contribution in [3.05, 3.63) is 47.5 Å². The van der Waals surface area contributed by atoms with Crippen LogP contribution in [0.1, 0.15) is 16.1 Å². The fourth-order valence-corrected chi connectivity index (χ4v) is 1.43. The van der Waals surface area contributed by atoms with Crippen molar-refractivity contribution in [2.24, 2.45) is 0 Å². The first-order chi connectivity index (χ1) is 8.91. The Morgan fingerprint density at radius 3 is 2.47 bits per heavy atom. The van der Waals surface area contributed by atoms with Gasteiger partial charge >= 0.3 is 6.18 Å². The van der Waals surface area contributed by atoms with E-state index >= 15 is 0 Å². The number of alkyl halides is 3. The second-order valence-electron chi connectivity index (χ2n) is 3.62. The van der Waals surface area contributed by atoms with Crippen LogP contribution in [0.4, 0.5) is 17.6 Å². The molecule has 0 spiro atoms. The summed E-state index contributed by atoms with van der Waals surface area (Å²) >= 11 is 0. The van der Waals surface area contributed by atoms with Crippen LogP contribution in [0.25, 0.3) is 11.4 Å². The summed E-state index contributed by atoms with van der Waals surface area (Å²) in [5.41, 5.74) is -1.28. The molecule has 0 fully saturated rings. The maximum atomic E-state index is 13.6. The summed E-state index contributed by atoms with van der Waals surface area (Å²) in [6, 6.07) is 4.04. The van der Waals surface area contributed by atoms with Crippen LogP contribution in [-0.2, 0) is 6.18 Å². The minimum absolute atomic E-state index is 0.0771. The predicted octanol–water partition coefficient (Wildman–Crippen LogP) is 3.11. The molecule has 0 aliphatic heterocycles. The number of hydrogen-bond acceptors (Lipinski definition) is 3. The van der Waals surface area contributed by atoms with E-state index in [9.17, 15) is 22.4 Å². The zero-order valence-corrected chi connectivity index (χ0v) is 9.28. The molecule has 1 aromatic carbocycles. The first-order valence-corrected chi connectivity index (χ1v) is 5.07. The van der Waals surface area contributed by atoms with Crippen molar-refractivity contribution in [3.8, 4) is 11.4 Å². The number of hydrogen-bond donors (Lipinski definition) is 0. The van der Waals surface area contributed by atoms with Crippen molar-refractivity contribution in [2.75, 3.05) is 0 Å². The van der Waals surface area contributed by atoms with E-state index in [1.165, 1.54) is 6.07 Å². The van der Waals surface area contributed by atoms with Gasteiger partial charge in [0, 0.05) is 11.8 Å². The molecule has 0 bridgehead atoms. The van der Waals surface area contributed by atoms with E-state index in [1.807, 2.05) is 0 Å². The lowest BCUT2D eigenvalue weighted by molar-refractivity contribution is -0.141. The number of carbonyl (C=O) groups is 1. The van der Waals surface area contributed by atoms with E-state index < -0.39 is 17.7 Å². The molecule has 0 saturated carbocycles. The monoisotopic (exact) mass is 270 g/mol. The number of benzene rings is 1. The second-order valence-corrected chi connectivity index (χ2v) is 3.62. The largest absolute Gasteiger partial charge is 0.433 e. The number of rotatable bonds is 2. The number of aromatic nitrogens is 2. The molecule has 0 amide bonds. The van der Waals surface area contributed by atoms with E-state index in [4.69, 9.17) is 0 Å². The zero-order valence-electron chi connectivity index (χ0n) is 9.28. The highest BCUT2D eigenvalue weighted by molar-refractivity contribution is 5.76. The first kappa shape index (κ1) is 13.1. The van der Waals surface area contributed by atoms with Gasteiger partial charge in [0.05, 0.1) is 5.56 Å². The van der Waals surface area contributed by atoms with Gasteiger partial charge < -0.3 is 0 Å². The van der Waals surface area contributed by atoms with Gasteiger partial charge in [0.1, 0.15) is 17.8 Å². The third-order valence-electron chi connectivity index (χ3n) is 2.32. The highest BCUT2D eigenvalue weighted by Crippen LogP contribution is 2.29. The van der Waals surface area contributed by atoms with Crippen molar-refractivity contribution in [2.45, 2.75) is 6.18 Å². The van der Waals surface area contributed by atoms with Gasteiger partial charge in [0.15, 0.2) is 5.82 Å². The average Bonchev–Trinajstić information content (AvgIpc) is 2.37. The molecule has 3 nitrogen and oxygen atoms in total. The van der Waals surface area contributed by atoms with Crippen molar-refractivity contribution in [1.29, 1.82) is 0 Å². The Bertz CT molecular complexity index is 625. The maximum absolute atomic E-state index is 13.6. The van der Waals surface area contributed by atoms with Gasteiger partial charge in [0.2, 0.25) is 0 Å². The Morgan fingerprint density at radius 2 is 1.89 bits per heavy atom. The van der Waals surface area contributed by atoms with Crippen LogP contribution < -0.4 is 0 Å². The summed E-state index contributed by atoms with van der Waals surface area (Å²) in [6.45, 7) is 0. The number of aldehydes is 1. The van der Waals surface area contributed by atoms with Crippen LogP contribution in [0.3, 0.4) is 0 Å². The number of nitrogens with zero attached hydrogens (tertiary/aromatic N) is 2. The first-order valence-electron chi connectivity index (χ1n) is 5.07. The van der Waals surface area contributed by atoms with Crippen LogP contribution in [-0.4, -0.2) is 16.3 Å². The van der Waals surface area contributed by atoms with Gasteiger partial charge in [-0.15, -0.1) is 0 Å². The molecule has 7 heteroatoms. The lowest BCUT2D eigenvalue weighted by atomic mass is 10.1. The highest BCUT2D eigenvalue weighted by atomic mass is 19.4. The molecule has 0 radical (unpaired) electrons. The third-order valence-corrected chi connectivity index (χ3v) is 2.32. The highest BCUT2D eigenvalue weighted by Gasteiger charge is 2.33. The Morgan fingerprint density at radius 1 is 1.16 bits per heavy atom. The van der Waals surface area contributed by atoms with E-state index in [1.54, 1.807) is 0 Å². The number of carbonyl (C=O) groups excluding carboxylic acids is 1. The van der Waals surface area contributed by atoms with Crippen molar-refractivity contribution in [1.82, 2.24) is 9.97 Å². The maximum Gasteiger partial charge on any atom is 0.433 e. The Balaban J connectivity index is 2.50. The van der Waals surface area contributed by atoms with E-state index in [0.29, 0.717) is 12.4 Å². The fourth-order valence-electron chi connectivity index (χ4n) is 1.43. The molecule has 0 atom stereocenters. The molecule has 0 N–H and O–H groups in total. The molecular weight excluding hydrogens is 264 g/mol. The van der Waals surface area contributed by atoms with Gasteiger partial charge in [-0.3, -0.25) is 4.79 Å².